The Morgan fingerprint density at radius 1 is 1.00 bits per heavy atom. The number of rotatable bonds is 6. The third-order valence-electron chi connectivity index (χ3n) is 3.99. The summed E-state index contributed by atoms with van der Waals surface area (Å²) in [4.78, 5) is 36.0. The van der Waals surface area contributed by atoms with Crippen molar-refractivity contribution in [2.75, 3.05) is 11.9 Å². The molecule has 28 heavy (non-hydrogen) atoms. The molecule has 0 aliphatic carbocycles. The summed E-state index contributed by atoms with van der Waals surface area (Å²) in [6.07, 6.45) is -1.35. The molecule has 0 aromatic heterocycles. The molecule has 0 saturated carbocycles. The lowest BCUT2D eigenvalue weighted by Crippen LogP contribution is -2.40. The number of hydrogen-bond acceptors (Lipinski definition) is 4. The summed E-state index contributed by atoms with van der Waals surface area (Å²) in [7, 11) is 0. The van der Waals surface area contributed by atoms with Gasteiger partial charge in [0, 0.05) is 5.69 Å². The maximum Gasteiger partial charge on any atom is 0.344 e. The number of nitrogens with one attached hydrogen (secondary N) is 2. The molecule has 1 atom stereocenters. The Balaban J connectivity index is 1.90. The van der Waals surface area contributed by atoms with E-state index in [1.807, 2.05) is 32.0 Å². The summed E-state index contributed by atoms with van der Waals surface area (Å²) in [5.74, 6) is -4.74. The second-order valence-electron chi connectivity index (χ2n) is 6.18. The van der Waals surface area contributed by atoms with E-state index in [-0.39, 0.29) is 6.54 Å². The molecular formula is C20H20F2N2O4. The lowest BCUT2D eigenvalue weighted by Gasteiger charge is -2.15. The first-order valence-electron chi connectivity index (χ1n) is 8.49. The Hall–Kier alpha value is -3.29. The Morgan fingerprint density at radius 3 is 2.11 bits per heavy atom. The minimum Gasteiger partial charge on any atom is -0.449 e. The summed E-state index contributed by atoms with van der Waals surface area (Å²) < 4.78 is 32.0. The van der Waals surface area contributed by atoms with Crippen LogP contribution in [0.2, 0.25) is 0 Å². The number of benzene rings is 2. The molecule has 2 aromatic rings. The number of aryl methyl sites for hydroxylation is 2. The summed E-state index contributed by atoms with van der Waals surface area (Å²) in [5, 5.41) is 5.01. The van der Waals surface area contributed by atoms with Crippen LogP contribution in [0.5, 0.6) is 0 Å². The highest BCUT2D eigenvalue weighted by Crippen LogP contribution is 2.19. The fourth-order valence-corrected chi connectivity index (χ4v) is 2.47. The number of amides is 2. The van der Waals surface area contributed by atoms with E-state index >= 15 is 0 Å². The second-order valence-corrected chi connectivity index (χ2v) is 6.18. The third kappa shape index (κ3) is 5.12. The first-order chi connectivity index (χ1) is 13.2. The predicted octanol–water partition coefficient (Wildman–Crippen LogP) is 2.88. The fourth-order valence-electron chi connectivity index (χ4n) is 2.47. The van der Waals surface area contributed by atoms with Crippen LogP contribution in [0.4, 0.5) is 14.5 Å². The van der Waals surface area contributed by atoms with Gasteiger partial charge in [0.15, 0.2) is 6.10 Å². The van der Waals surface area contributed by atoms with Crippen molar-refractivity contribution in [3.63, 3.8) is 0 Å². The molecule has 0 radical (unpaired) electrons. The zero-order valence-electron chi connectivity index (χ0n) is 15.6. The molecule has 0 aliphatic heterocycles. The quantitative estimate of drug-likeness (QED) is 0.743. The topological polar surface area (TPSA) is 84.5 Å². The maximum atomic E-state index is 13.6. The highest BCUT2D eigenvalue weighted by molar-refractivity contribution is 5.97. The van der Waals surface area contributed by atoms with Crippen molar-refractivity contribution in [3.8, 4) is 0 Å². The van der Waals surface area contributed by atoms with Gasteiger partial charge >= 0.3 is 5.97 Å². The highest BCUT2D eigenvalue weighted by atomic mass is 19.1. The van der Waals surface area contributed by atoms with E-state index in [9.17, 15) is 23.2 Å². The number of carbonyl (C=O) groups excluding carboxylic acids is 3. The van der Waals surface area contributed by atoms with E-state index in [0.717, 1.165) is 29.3 Å². The summed E-state index contributed by atoms with van der Waals surface area (Å²) in [5.41, 5.74) is 1.51. The largest absolute Gasteiger partial charge is 0.449 e. The van der Waals surface area contributed by atoms with E-state index < -0.39 is 41.1 Å². The Labute approximate surface area is 160 Å². The number of anilines is 1. The van der Waals surface area contributed by atoms with Crippen molar-refractivity contribution in [2.24, 2.45) is 0 Å². The Kier molecular flexibility index (Phi) is 6.81. The van der Waals surface area contributed by atoms with Crippen molar-refractivity contribution < 1.29 is 27.9 Å². The van der Waals surface area contributed by atoms with Crippen molar-refractivity contribution in [1.29, 1.82) is 0 Å². The lowest BCUT2D eigenvalue weighted by atomic mass is 10.1. The standard InChI is InChI=1S/C20H20F2N2O4/c1-11-6-4-7-12(2)18(11)24-16(25)10-23-19(26)13(3)28-20(27)17-14(21)8-5-9-15(17)22/h4-9,13H,10H2,1-3H3,(H,23,26)(H,24,25)/t13-/m1/s1. The van der Waals surface area contributed by atoms with Crippen LogP contribution in [-0.4, -0.2) is 30.4 Å². The highest BCUT2D eigenvalue weighted by Gasteiger charge is 2.24. The van der Waals surface area contributed by atoms with Gasteiger partial charge in [-0.1, -0.05) is 24.3 Å². The molecule has 0 aliphatic rings. The van der Waals surface area contributed by atoms with Crippen LogP contribution < -0.4 is 10.6 Å². The van der Waals surface area contributed by atoms with Gasteiger partial charge in [-0.25, -0.2) is 13.6 Å². The fraction of sp³-hybridized carbons (Fsp3) is 0.250. The van der Waals surface area contributed by atoms with E-state index in [1.54, 1.807) is 0 Å². The molecule has 0 unspecified atom stereocenters. The van der Waals surface area contributed by atoms with Gasteiger partial charge in [0.25, 0.3) is 5.91 Å². The molecule has 6 nitrogen and oxygen atoms in total. The molecule has 2 rings (SSSR count). The molecule has 0 fully saturated rings. The van der Waals surface area contributed by atoms with Gasteiger partial charge in [0.2, 0.25) is 5.91 Å². The molecule has 2 amide bonds. The molecule has 8 heteroatoms. The van der Waals surface area contributed by atoms with Crippen molar-refractivity contribution in [1.82, 2.24) is 5.32 Å². The Morgan fingerprint density at radius 2 is 1.54 bits per heavy atom. The van der Waals surface area contributed by atoms with Gasteiger partial charge in [-0.05, 0) is 44.0 Å². The van der Waals surface area contributed by atoms with Gasteiger partial charge in [-0.2, -0.15) is 0 Å². The zero-order chi connectivity index (χ0) is 20.8. The van der Waals surface area contributed by atoms with E-state index in [0.29, 0.717) is 5.69 Å². The number of hydrogen-bond donors (Lipinski definition) is 2. The summed E-state index contributed by atoms with van der Waals surface area (Å²) >= 11 is 0. The van der Waals surface area contributed by atoms with Gasteiger partial charge < -0.3 is 15.4 Å². The van der Waals surface area contributed by atoms with Crippen molar-refractivity contribution in [3.05, 3.63) is 64.7 Å². The molecule has 2 aromatic carbocycles. The molecular weight excluding hydrogens is 370 g/mol. The van der Waals surface area contributed by atoms with Gasteiger partial charge in [0.1, 0.15) is 17.2 Å². The van der Waals surface area contributed by atoms with E-state index in [1.165, 1.54) is 6.92 Å². The molecule has 0 saturated heterocycles. The van der Waals surface area contributed by atoms with Crippen LogP contribution in [0.3, 0.4) is 0 Å². The molecule has 0 heterocycles. The average Bonchev–Trinajstić information content (AvgIpc) is 2.62. The van der Waals surface area contributed by atoms with Crippen LogP contribution in [0.1, 0.15) is 28.4 Å². The minimum absolute atomic E-state index is 0.359. The SMILES string of the molecule is Cc1cccc(C)c1NC(=O)CNC(=O)[C@@H](C)OC(=O)c1c(F)cccc1F. The second kappa shape index (κ2) is 9.07. The van der Waals surface area contributed by atoms with E-state index in [2.05, 4.69) is 10.6 Å². The normalized spacial score (nSPS) is 11.5. The van der Waals surface area contributed by atoms with Crippen LogP contribution >= 0.6 is 0 Å². The van der Waals surface area contributed by atoms with Crippen molar-refractivity contribution in [2.45, 2.75) is 26.9 Å². The third-order valence-corrected chi connectivity index (χ3v) is 3.99. The first kappa shape index (κ1) is 21.0. The molecule has 2 N–H and O–H groups in total. The van der Waals surface area contributed by atoms with Gasteiger partial charge in [-0.3, -0.25) is 9.59 Å². The van der Waals surface area contributed by atoms with Gasteiger partial charge in [-0.15, -0.1) is 0 Å². The number of esters is 1. The number of carbonyl (C=O) groups is 3. The van der Waals surface area contributed by atoms with Crippen LogP contribution in [0, 0.1) is 25.5 Å². The molecule has 148 valence electrons. The zero-order valence-corrected chi connectivity index (χ0v) is 15.6. The van der Waals surface area contributed by atoms with Crippen LogP contribution in [0.15, 0.2) is 36.4 Å². The average molecular weight is 390 g/mol. The first-order valence-corrected chi connectivity index (χ1v) is 8.49. The van der Waals surface area contributed by atoms with Crippen LogP contribution in [0.25, 0.3) is 0 Å². The van der Waals surface area contributed by atoms with Gasteiger partial charge in [0.05, 0.1) is 6.54 Å². The molecule has 0 bridgehead atoms. The summed E-state index contributed by atoms with van der Waals surface area (Å²) in [6, 6.07) is 8.45. The number of ether oxygens (including phenoxy) is 1. The predicted molar refractivity (Wildman–Crippen MR) is 98.8 cm³/mol. The van der Waals surface area contributed by atoms with Crippen LogP contribution in [-0.2, 0) is 14.3 Å². The lowest BCUT2D eigenvalue weighted by molar-refractivity contribution is -0.130. The summed E-state index contributed by atoms with van der Waals surface area (Å²) in [6.45, 7) is 4.55. The number of para-hydroxylation sites is 1. The Bertz CT molecular complexity index is 875. The molecule has 0 spiro atoms. The smallest absolute Gasteiger partial charge is 0.344 e. The monoisotopic (exact) mass is 390 g/mol. The van der Waals surface area contributed by atoms with E-state index in [4.69, 9.17) is 4.74 Å². The minimum atomic E-state index is -1.35. The van der Waals surface area contributed by atoms with Crippen molar-refractivity contribution >= 4 is 23.5 Å². The maximum absolute atomic E-state index is 13.6. The number of halogens is 2.